The van der Waals surface area contributed by atoms with Crippen molar-refractivity contribution in [2.24, 2.45) is 0 Å². The number of rotatable bonds is 6. The van der Waals surface area contributed by atoms with E-state index in [4.69, 9.17) is 14.2 Å². The maximum atomic E-state index is 13.2. The molecule has 7 nitrogen and oxygen atoms in total. The molecule has 0 amide bonds. The smallest absolute Gasteiger partial charge is 0.266 e. The summed E-state index contributed by atoms with van der Waals surface area (Å²) in [6.45, 7) is 4.28. The van der Waals surface area contributed by atoms with Gasteiger partial charge in [0.15, 0.2) is 11.0 Å². The summed E-state index contributed by atoms with van der Waals surface area (Å²) in [4.78, 5) is 22.1. The van der Waals surface area contributed by atoms with E-state index >= 15 is 0 Å². The molecule has 4 aromatic rings. The lowest BCUT2D eigenvalue weighted by Gasteiger charge is -2.13. The van der Waals surface area contributed by atoms with Gasteiger partial charge in [0.1, 0.15) is 5.75 Å². The molecule has 8 heteroatoms. The Morgan fingerprint density at radius 1 is 1.11 bits per heavy atom. The topological polar surface area (TPSA) is 83.0 Å². The second kappa shape index (κ2) is 7.85. The third-order valence-corrected chi connectivity index (χ3v) is 4.97. The molecular weight excluding hydrogens is 376 g/mol. The van der Waals surface area contributed by atoms with Crippen LogP contribution < -0.4 is 10.3 Å². The molecule has 0 unspecified atom stereocenters. The summed E-state index contributed by atoms with van der Waals surface area (Å²) in [6, 6.07) is 14.7. The zero-order valence-electron chi connectivity index (χ0n) is 15.5. The zero-order valence-corrected chi connectivity index (χ0v) is 16.3. The molecule has 0 spiro atoms. The van der Waals surface area contributed by atoms with Crippen molar-refractivity contribution in [3.05, 3.63) is 70.6 Å². The summed E-state index contributed by atoms with van der Waals surface area (Å²) in [5, 5.41) is 4.93. The Kier molecular flexibility index (Phi) is 5.12. The molecule has 2 heterocycles. The summed E-state index contributed by atoms with van der Waals surface area (Å²) < 4.78 is 12.3. The second-order valence-electron chi connectivity index (χ2n) is 6.00. The summed E-state index contributed by atoms with van der Waals surface area (Å²) in [7, 11) is 0. The van der Waals surface area contributed by atoms with Crippen LogP contribution in [0.15, 0.2) is 63.0 Å². The lowest BCUT2D eigenvalue weighted by Crippen LogP contribution is -2.21. The molecule has 0 bridgehead atoms. The van der Waals surface area contributed by atoms with E-state index in [1.165, 1.54) is 11.8 Å². The van der Waals surface area contributed by atoms with Gasteiger partial charge in [-0.3, -0.25) is 9.36 Å². The highest BCUT2D eigenvalue weighted by atomic mass is 32.2. The fourth-order valence-corrected chi connectivity index (χ4v) is 3.67. The van der Waals surface area contributed by atoms with E-state index in [-0.39, 0.29) is 5.56 Å². The van der Waals surface area contributed by atoms with Crippen LogP contribution in [0, 0.1) is 6.92 Å². The Morgan fingerprint density at radius 2 is 1.89 bits per heavy atom. The van der Waals surface area contributed by atoms with Crippen LogP contribution in [0.1, 0.15) is 18.6 Å². The van der Waals surface area contributed by atoms with Gasteiger partial charge in [0.2, 0.25) is 5.89 Å². The molecule has 142 valence electrons. The fraction of sp³-hybridized carbons (Fsp3) is 0.200. The lowest BCUT2D eigenvalue weighted by molar-refractivity contribution is 0.340. The predicted octanol–water partition coefficient (Wildman–Crippen LogP) is 3.77. The van der Waals surface area contributed by atoms with Gasteiger partial charge in [-0.25, -0.2) is 4.98 Å². The van der Waals surface area contributed by atoms with Gasteiger partial charge in [-0.1, -0.05) is 29.1 Å². The molecule has 0 aliphatic rings. The van der Waals surface area contributed by atoms with E-state index < -0.39 is 0 Å². The highest BCUT2D eigenvalue weighted by molar-refractivity contribution is 7.98. The minimum atomic E-state index is -0.126. The predicted molar refractivity (Wildman–Crippen MR) is 107 cm³/mol. The van der Waals surface area contributed by atoms with Gasteiger partial charge in [0.25, 0.3) is 5.56 Å². The summed E-state index contributed by atoms with van der Waals surface area (Å²) in [5.41, 5.74) is 1.24. The molecule has 2 aromatic carbocycles. The molecule has 0 aliphatic carbocycles. The van der Waals surface area contributed by atoms with Gasteiger partial charge in [-0.05, 0) is 50.2 Å². The summed E-state index contributed by atoms with van der Waals surface area (Å²) >= 11 is 1.38. The van der Waals surface area contributed by atoms with Crippen LogP contribution in [0.3, 0.4) is 0 Å². The number of hydrogen-bond donors (Lipinski definition) is 0. The first-order chi connectivity index (χ1) is 13.7. The van der Waals surface area contributed by atoms with Crippen molar-refractivity contribution in [1.29, 1.82) is 0 Å². The molecule has 0 radical (unpaired) electrons. The Bertz CT molecular complexity index is 1170. The number of aryl methyl sites for hydroxylation is 1. The van der Waals surface area contributed by atoms with Crippen molar-refractivity contribution in [2.75, 3.05) is 6.61 Å². The van der Waals surface area contributed by atoms with E-state index in [1.807, 2.05) is 49.4 Å². The Balaban J connectivity index is 1.79. The third-order valence-electron chi connectivity index (χ3n) is 4.05. The van der Waals surface area contributed by atoms with Crippen molar-refractivity contribution >= 4 is 22.7 Å². The average Bonchev–Trinajstić information content (AvgIpc) is 3.13. The quantitative estimate of drug-likeness (QED) is 0.364. The largest absolute Gasteiger partial charge is 0.494 e. The van der Waals surface area contributed by atoms with Crippen LogP contribution in [0.25, 0.3) is 16.6 Å². The molecule has 2 aromatic heterocycles. The number of thioether (sulfide) groups is 1. The molecule has 0 saturated heterocycles. The van der Waals surface area contributed by atoms with E-state index in [1.54, 1.807) is 17.6 Å². The first kappa shape index (κ1) is 18.2. The highest BCUT2D eigenvalue weighted by Gasteiger charge is 2.15. The molecular formula is C20H18N4O3S. The molecule has 0 N–H and O–H groups in total. The first-order valence-electron chi connectivity index (χ1n) is 8.82. The molecule has 28 heavy (non-hydrogen) atoms. The second-order valence-corrected chi connectivity index (χ2v) is 6.95. The molecule has 0 saturated carbocycles. The number of nitrogens with zero attached hydrogens (tertiary/aromatic N) is 4. The molecule has 0 atom stereocenters. The number of ether oxygens (including phenoxy) is 1. The minimum Gasteiger partial charge on any atom is -0.494 e. The molecule has 4 rings (SSSR count). The summed E-state index contributed by atoms with van der Waals surface area (Å²) in [5.74, 6) is 2.24. The Hall–Kier alpha value is -3.13. The maximum absolute atomic E-state index is 13.2. The first-order valence-corrected chi connectivity index (χ1v) is 9.81. The maximum Gasteiger partial charge on any atom is 0.266 e. The normalized spacial score (nSPS) is 11.1. The molecule has 0 aliphatic heterocycles. The monoisotopic (exact) mass is 394 g/mol. The van der Waals surface area contributed by atoms with Crippen molar-refractivity contribution in [3.8, 4) is 11.4 Å². The number of benzene rings is 2. The van der Waals surface area contributed by atoms with Gasteiger partial charge in [0, 0.05) is 0 Å². The highest BCUT2D eigenvalue weighted by Crippen LogP contribution is 2.25. The van der Waals surface area contributed by atoms with Crippen LogP contribution in [0.4, 0.5) is 0 Å². The third kappa shape index (κ3) is 3.63. The van der Waals surface area contributed by atoms with Crippen LogP contribution >= 0.6 is 11.8 Å². The number of aromatic nitrogens is 4. The summed E-state index contributed by atoms with van der Waals surface area (Å²) in [6.07, 6.45) is 0. The number of fused-ring (bicyclic) bond motifs is 1. The Labute approximate surface area is 165 Å². The van der Waals surface area contributed by atoms with Crippen LogP contribution in [-0.4, -0.2) is 26.3 Å². The van der Waals surface area contributed by atoms with Crippen LogP contribution in [0.2, 0.25) is 0 Å². The van der Waals surface area contributed by atoms with Gasteiger partial charge >= 0.3 is 0 Å². The van der Waals surface area contributed by atoms with E-state index in [0.717, 1.165) is 11.4 Å². The van der Waals surface area contributed by atoms with Crippen LogP contribution in [0.5, 0.6) is 5.75 Å². The van der Waals surface area contributed by atoms with Gasteiger partial charge in [-0.2, -0.15) is 4.98 Å². The lowest BCUT2D eigenvalue weighted by atomic mass is 10.2. The fourth-order valence-electron chi connectivity index (χ4n) is 2.82. The van der Waals surface area contributed by atoms with Gasteiger partial charge in [0.05, 0.1) is 29.0 Å². The van der Waals surface area contributed by atoms with E-state index in [0.29, 0.717) is 40.1 Å². The zero-order chi connectivity index (χ0) is 19.5. The molecule has 0 fully saturated rings. The van der Waals surface area contributed by atoms with Gasteiger partial charge in [-0.15, -0.1) is 0 Å². The van der Waals surface area contributed by atoms with E-state index in [2.05, 4.69) is 10.1 Å². The van der Waals surface area contributed by atoms with Crippen molar-refractivity contribution < 1.29 is 9.26 Å². The van der Waals surface area contributed by atoms with Crippen molar-refractivity contribution in [3.63, 3.8) is 0 Å². The number of hydrogen-bond acceptors (Lipinski definition) is 7. The van der Waals surface area contributed by atoms with Crippen molar-refractivity contribution in [1.82, 2.24) is 19.7 Å². The SMILES string of the molecule is CCOc1ccc(-n2c(SCc3nc(C)no3)nc3ccccc3c2=O)cc1. The van der Waals surface area contributed by atoms with Crippen molar-refractivity contribution in [2.45, 2.75) is 24.8 Å². The van der Waals surface area contributed by atoms with Gasteiger partial charge < -0.3 is 9.26 Å². The Morgan fingerprint density at radius 3 is 2.61 bits per heavy atom. The van der Waals surface area contributed by atoms with E-state index in [9.17, 15) is 4.79 Å². The number of para-hydroxylation sites is 1. The average molecular weight is 394 g/mol. The van der Waals surface area contributed by atoms with Crippen LogP contribution in [-0.2, 0) is 5.75 Å². The standard InChI is InChI=1S/C20H18N4O3S/c1-3-26-15-10-8-14(9-11-15)24-19(25)16-6-4-5-7-17(16)22-20(24)28-12-18-21-13(2)23-27-18/h4-11H,3,12H2,1-2H3. The minimum absolute atomic E-state index is 0.126.